The van der Waals surface area contributed by atoms with Crippen LogP contribution in [0.5, 0.6) is 0 Å². The van der Waals surface area contributed by atoms with Gasteiger partial charge >= 0.3 is 5.97 Å². The number of esters is 1. The molecule has 0 amide bonds. The van der Waals surface area contributed by atoms with Crippen molar-refractivity contribution in [2.24, 2.45) is 11.0 Å². The minimum absolute atomic E-state index is 0.0750. The molecule has 0 bridgehead atoms. The van der Waals surface area contributed by atoms with E-state index in [-0.39, 0.29) is 24.0 Å². The molecule has 0 spiro atoms. The van der Waals surface area contributed by atoms with E-state index in [1.165, 1.54) is 0 Å². The van der Waals surface area contributed by atoms with Crippen LogP contribution in [0.15, 0.2) is 5.11 Å². The van der Waals surface area contributed by atoms with Crippen molar-refractivity contribution in [1.29, 1.82) is 0 Å². The van der Waals surface area contributed by atoms with Crippen LogP contribution in [0.1, 0.15) is 39.5 Å². The van der Waals surface area contributed by atoms with Gasteiger partial charge in [-0.15, -0.1) is 0 Å². The molecule has 0 aliphatic carbocycles. The summed E-state index contributed by atoms with van der Waals surface area (Å²) in [5, 5.41) is 6.77. The molecule has 4 atom stereocenters. The molecule has 20 heavy (non-hydrogen) atoms. The Bertz CT molecular complexity index is 410. The highest BCUT2D eigenvalue weighted by Crippen LogP contribution is 2.43. The van der Waals surface area contributed by atoms with Gasteiger partial charge in [0.15, 0.2) is 0 Å². The zero-order valence-corrected chi connectivity index (χ0v) is 12.0. The third-order valence-corrected chi connectivity index (χ3v) is 3.98. The highest BCUT2D eigenvalue weighted by atomic mass is 16.8. The van der Waals surface area contributed by atoms with Gasteiger partial charge in [-0.1, -0.05) is 31.8 Å². The predicted molar refractivity (Wildman–Crippen MR) is 72.8 cm³/mol. The molecule has 0 radical (unpaired) electrons. The first kappa shape index (κ1) is 15.1. The molecule has 0 aromatic rings. The van der Waals surface area contributed by atoms with Crippen LogP contribution in [0.3, 0.4) is 0 Å². The Labute approximate surface area is 118 Å². The highest BCUT2D eigenvalue weighted by molar-refractivity contribution is 5.73. The summed E-state index contributed by atoms with van der Waals surface area (Å²) in [5.74, 6) is -1.19. The summed E-state index contributed by atoms with van der Waals surface area (Å²) in [5.41, 5.74) is 8.51. The molecule has 1 unspecified atom stereocenters. The normalized spacial score (nSPS) is 32.7. The van der Waals surface area contributed by atoms with Crippen LogP contribution >= 0.6 is 0 Å². The van der Waals surface area contributed by atoms with Crippen molar-refractivity contribution < 1.29 is 14.3 Å². The van der Waals surface area contributed by atoms with Gasteiger partial charge in [-0.25, -0.2) is 0 Å². The molecule has 0 saturated carbocycles. The number of fused-ring (bicyclic) bond motifs is 1. The van der Waals surface area contributed by atoms with Crippen molar-refractivity contribution in [3.63, 3.8) is 0 Å². The fourth-order valence-electron chi connectivity index (χ4n) is 2.67. The van der Waals surface area contributed by atoms with Crippen molar-refractivity contribution >= 4 is 5.97 Å². The maximum Gasteiger partial charge on any atom is 0.311 e. The lowest BCUT2D eigenvalue weighted by atomic mass is 9.99. The van der Waals surface area contributed by atoms with E-state index in [2.05, 4.69) is 22.3 Å². The second-order valence-electron chi connectivity index (χ2n) is 5.42. The third-order valence-electron chi connectivity index (χ3n) is 3.98. The Morgan fingerprint density at radius 3 is 3.10 bits per heavy atom. The first-order valence-electron chi connectivity index (χ1n) is 7.32. The molecule has 7 nitrogen and oxygen atoms in total. The minimum atomic E-state index is -0.909. The van der Waals surface area contributed by atoms with E-state index >= 15 is 0 Å². The average molecular weight is 282 g/mol. The van der Waals surface area contributed by atoms with Gasteiger partial charge in [-0.05, 0) is 18.4 Å². The number of epoxide rings is 1. The summed E-state index contributed by atoms with van der Waals surface area (Å²) in [6, 6.07) is -0.308. The Kier molecular flexibility index (Phi) is 4.86. The van der Waals surface area contributed by atoms with E-state index in [4.69, 9.17) is 15.0 Å². The number of azide groups is 1. The summed E-state index contributed by atoms with van der Waals surface area (Å²) in [6.07, 6.45) is 3.40. The first-order valence-corrected chi connectivity index (χ1v) is 7.32. The third kappa shape index (κ3) is 3.06. The second-order valence-corrected chi connectivity index (χ2v) is 5.42. The number of carbonyl (C=O) groups is 1. The van der Waals surface area contributed by atoms with Crippen molar-refractivity contribution in [3.05, 3.63) is 10.4 Å². The number of unbranched alkanes of at least 4 members (excludes halogenated alkanes) is 1. The smallest absolute Gasteiger partial charge is 0.311 e. The molecule has 112 valence electrons. The van der Waals surface area contributed by atoms with Crippen molar-refractivity contribution in [2.75, 3.05) is 13.1 Å². The van der Waals surface area contributed by atoms with E-state index in [1.807, 2.05) is 6.92 Å². The van der Waals surface area contributed by atoms with Crippen molar-refractivity contribution in [2.45, 2.75) is 57.5 Å². The second kappa shape index (κ2) is 6.43. The van der Waals surface area contributed by atoms with Gasteiger partial charge in [0, 0.05) is 11.5 Å². The first-order chi connectivity index (χ1) is 9.66. The molecule has 2 rings (SSSR count). The average Bonchev–Trinajstić information content (AvgIpc) is 3.15. The Morgan fingerprint density at radius 2 is 2.45 bits per heavy atom. The monoisotopic (exact) mass is 282 g/mol. The van der Waals surface area contributed by atoms with Crippen LogP contribution < -0.4 is 5.32 Å². The van der Waals surface area contributed by atoms with Gasteiger partial charge in [-0.2, -0.15) is 0 Å². The molecule has 2 aliphatic rings. The van der Waals surface area contributed by atoms with Crippen LogP contribution in [-0.4, -0.2) is 37.0 Å². The molecule has 0 aromatic heterocycles. The lowest BCUT2D eigenvalue weighted by molar-refractivity contribution is -0.164. The molecular formula is C13H22N4O3. The predicted octanol–water partition coefficient (Wildman–Crippen LogP) is 2.12. The van der Waals surface area contributed by atoms with E-state index in [0.717, 1.165) is 25.7 Å². The fraction of sp³-hybridized carbons (Fsp3) is 0.923. The summed E-state index contributed by atoms with van der Waals surface area (Å²) >= 11 is 0. The van der Waals surface area contributed by atoms with E-state index in [9.17, 15) is 4.79 Å². The van der Waals surface area contributed by atoms with Crippen molar-refractivity contribution in [3.8, 4) is 0 Å². The van der Waals surface area contributed by atoms with Gasteiger partial charge in [0.1, 0.15) is 6.10 Å². The molecule has 1 N–H and O–H groups in total. The number of hydrogen-bond donors (Lipinski definition) is 1. The lowest BCUT2D eigenvalue weighted by Crippen LogP contribution is -2.48. The van der Waals surface area contributed by atoms with Crippen LogP contribution in [0, 0.1) is 5.92 Å². The molecule has 7 heteroatoms. The van der Waals surface area contributed by atoms with Gasteiger partial charge in [0.25, 0.3) is 5.79 Å². The zero-order chi connectivity index (χ0) is 14.6. The van der Waals surface area contributed by atoms with Gasteiger partial charge in [-0.3, -0.25) is 4.79 Å². The molecule has 2 fully saturated rings. The minimum Gasteiger partial charge on any atom is -0.428 e. The lowest BCUT2D eigenvalue weighted by Gasteiger charge is -2.24. The van der Waals surface area contributed by atoms with Gasteiger partial charge in [0.2, 0.25) is 0 Å². The van der Waals surface area contributed by atoms with Crippen LogP contribution in [-0.2, 0) is 14.3 Å². The molecule has 2 aliphatic heterocycles. The summed E-state index contributed by atoms with van der Waals surface area (Å²) < 4.78 is 11.1. The van der Waals surface area contributed by atoms with Crippen LogP contribution in [0.4, 0.5) is 0 Å². The van der Waals surface area contributed by atoms with Crippen molar-refractivity contribution in [1.82, 2.24) is 5.32 Å². The SMILES string of the molecule is CCCCC(CC)C(=O)O[C@@]12CNC[C@H](N=[N+]=[N-])[C@H]1O2. The molecule has 0 aromatic carbocycles. The summed E-state index contributed by atoms with van der Waals surface area (Å²) in [7, 11) is 0. The quantitative estimate of drug-likeness (QED) is 0.254. The number of hydrogen-bond acceptors (Lipinski definition) is 5. The fourth-order valence-corrected chi connectivity index (χ4v) is 2.67. The van der Waals surface area contributed by atoms with Crippen LogP contribution in [0.25, 0.3) is 10.4 Å². The number of carbonyl (C=O) groups excluding carboxylic acids is 1. The van der Waals surface area contributed by atoms with E-state index in [1.54, 1.807) is 0 Å². The number of rotatable bonds is 7. The van der Waals surface area contributed by atoms with Crippen LogP contribution in [0.2, 0.25) is 0 Å². The molecule has 2 heterocycles. The standard InChI is InChI=1S/C13H22N4O3/c1-3-5-6-9(4-2)12(18)20-13-8-15-7-10(16-17-14)11(13)19-13/h9-11,15H,3-8H2,1-2H3/t9?,10-,11+,13-/m0/s1. The maximum absolute atomic E-state index is 12.2. The summed E-state index contributed by atoms with van der Waals surface area (Å²) in [6.45, 7) is 5.12. The van der Waals surface area contributed by atoms with Gasteiger partial charge in [0.05, 0.1) is 18.5 Å². The number of nitrogens with one attached hydrogen (secondary N) is 1. The number of nitrogens with zero attached hydrogens (tertiary/aromatic N) is 3. The zero-order valence-electron chi connectivity index (χ0n) is 12.0. The maximum atomic E-state index is 12.2. The summed E-state index contributed by atoms with van der Waals surface area (Å²) in [4.78, 5) is 15.0. The van der Waals surface area contributed by atoms with Gasteiger partial charge < -0.3 is 14.8 Å². The highest BCUT2D eigenvalue weighted by Gasteiger charge is 2.65. The Balaban J connectivity index is 1.93. The molecule has 2 saturated heterocycles. The Hall–Kier alpha value is -1.30. The van der Waals surface area contributed by atoms with E-state index < -0.39 is 5.79 Å². The number of ether oxygens (including phenoxy) is 2. The largest absolute Gasteiger partial charge is 0.428 e. The Morgan fingerprint density at radius 1 is 1.65 bits per heavy atom. The number of piperidine rings is 1. The molecular weight excluding hydrogens is 260 g/mol. The van der Waals surface area contributed by atoms with E-state index in [0.29, 0.717) is 13.1 Å². The topological polar surface area (TPSA) is 99.6 Å².